The molecular formula is C16H21NO3S. The van der Waals surface area contributed by atoms with Gasteiger partial charge in [-0.3, -0.25) is 9.59 Å². The maximum atomic E-state index is 12.0. The van der Waals surface area contributed by atoms with Crippen molar-refractivity contribution in [2.75, 3.05) is 7.11 Å². The number of ether oxygens (including phenoxy) is 1. The second kappa shape index (κ2) is 5.89. The fourth-order valence-corrected chi connectivity index (χ4v) is 4.28. The van der Waals surface area contributed by atoms with E-state index in [0.717, 1.165) is 24.1 Å². The summed E-state index contributed by atoms with van der Waals surface area (Å²) in [5.74, 6) is 0.0487. The van der Waals surface area contributed by atoms with E-state index in [2.05, 4.69) is 5.32 Å². The highest BCUT2D eigenvalue weighted by molar-refractivity contribution is 7.12. The average molecular weight is 307 g/mol. The molecule has 2 atom stereocenters. The molecule has 0 aliphatic heterocycles. The predicted octanol–water partition coefficient (Wildman–Crippen LogP) is 2.78. The van der Waals surface area contributed by atoms with E-state index in [-0.39, 0.29) is 29.6 Å². The van der Waals surface area contributed by atoms with Gasteiger partial charge in [0.2, 0.25) is 5.91 Å². The first-order chi connectivity index (χ1) is 10.2. The number of nitrogens with one attached hydrogen (secondary N) is 1. The van der Waals surface area contributed by atoms with Crippen molar-refractivity contribution in [2.24, 2.45) is 5.41 Å². The number of amides is 1. The van der Waals surface area contributed by atoms with Gasteiger partial charge in [-0.25, -0.2) is 0 Å². The van der Waals surface area contributed by atoms with E-state index in [1.165, 1.54) is 17.8 Å². The van der Waals surface area contributed by atoms with Crippen LogP contribution in [-0.4, -0.2) is 30.9 Å². The molecular weight excluding hydrogens is 286 g/mol. The predicted molar refractivity (Wildman–Crippen MR) is 81.5 cm³/mol. The van der Waals surface area contributed by atoms with E-state index in [1.807, 2.05) is 17.5 Å². The molecule has 4 nitrogen and oxygen atoms in total. The molecule has 114 valence electrons. The molecule has 5 heteroatoms. The van der Waals surface area contributed by atoms with Crippen molar-refractivity contribution in [1.29, 1.82) is 0 Å². The Balaban J connectivity index is 1.46. The van der Waals surface area contributed by atoms with Crippen molar-refractivity contribution < 1.29 is 14.3 Å². The average Bonchev–Trinajstić information content (AvgIpc) is 2.92. The molecule has 2 aliphatic rings. The van der Waals surface area contributed by atoms with Crippen LogP contribution in [0.4, 0.5) is 0 Å². The second-order valence-corrected chi connectivity index (χ2v) is 7.02. The molecule has 0 unspecified atom stereocenters. The van der Waals surface area contributed by atoms with Gasteiger partial charge in [-0.1, -0.05) is 12.5 Å². The summed E-state index contributed by atoms with van der Waals surface area (Å²) in [5.41, 5.74) is 0.183. The van der Waals surface area contributed by atoms with E-state index in [4.69, 9.17) is 4.74 Å². The van der Waals surface area contributed by atoms with E-state index < -0.39 is 0 Å². The smallest absolute Gasteiger partial charge is 0.220 e. The van der Waals surface area contributed by atoms with Gasteiger partial charge >= 0.3 is 0 Å². The quantitative estimate of drug-likeness (QED) is 0.822. The summed E-state index contributed by atoms with van der Waals surface area (Å²) in [6.45, 7) is 0. The maximum absolute atomic E-state index is 12.0. The summed E-state index contributed by atoms with van der Waals surface area (Å²) in [7, 11) is 1.75. The fourth-order valence-electron chi connectivity index (χ4n) is 3.59. The molecule has 1 aromatic heterocycles. The number of rotatable bonds is 6. The van der Waals surface area contributed by atoms with E-state index in [1.54, 1.807) is 7.11 Å². The van der Waals surface area contributed by atoms with Crippen LogP contribution in [0.25, 0.3) is 0 Å². The molecule has 1 N–H and O–H groups in total. The molecule has 0 radical (unpaired) electrons. The van der Waals surface area contributed by atoms with Crippen LogP contribution in [0.2, 0.25) is 0 Å². The zero-order valence-electron chi connectivity index (χ0n) is 12.3. The van der Waals surface area contributed by atoms with Crippen molar-refractivity contribution in [3.8, 4) is 0 Å². The SMILES string of the molecule is CO[C@H]1C[C@@H](NC(=O)CCC(=O)c2cccs2)C12CCC2. The van der Waals surface area contributed by atoms with Gasteiger partial charge in [-0.15, -0.1) is 11.3 Å². The standard InChI is InChI=1S/C16H21NO3S/c1-20-14-10-13(16(14)7-3-8-16)17-15(19)6-5-11(18)12-4-2-9-21-12/h2,4,9,13-14H,3,5-8,10H2,1H3,(H,17,19)/t13-,14+/m1/s1. The molecule has 3 rings (SSSR count). The first kappa shape index (κ1) is 14.7. The van der Waals surface area contributed by atoms with Crippen LogP contribution in [0.1, 0.15) is 48.2 Å². The van der Waals surface area contributed by atoms with Crippen molar-refractivity contribution in [2.45, 2.75) is 50.7 Å². The van der Waals surface area contributed by atoms with Crippen molar-refractivity contribution in [3.05, 3.63) is 22.4 Å². The highest BCUT2D eigenvalue weighted by atomic mass is 32.1. The van der Waals surface area contributed by atoms with E-state index in [0.29, 0.717) is 12.5 Å². The van der Waals surface area contributed by atoms with Crippen molar-refractivity contribution >= 4 is 23.0 Å². The number of thiophene rings is 1. The van der Waals surface area contributed by atoms with Crippen LogP contribution in [0.3, 0.4) is 0 Å². The Labute approximate surface area is 128 Å². The summed E-state index contributed by atoms with van der Waals surface area (Å²) in [4.78, 5) is 24.7. The van der Waals surface area contributed by atoms with E-state index >= 15 is 0 Å². The summed E-state index contributed by atoms with van der Waals surface area (Å²) in [6.07, 6.45) is 5.28. The molecule has 2 fully saturated rings. The lowest BCUT2D eigenvalue weighted by Gasteiger charge is -2.60. The Morgan fingerprint density at radius 2 is 2.24 bits per heavy atom. The zero-order chi connectivity index (χ0) is 14.9. The van der Waals surface area contributed by atoms with Crippen LogP contribution >= 0.6 is 11.3 Å². The van der Waals surface area contributed by atoms with Crippen LogP contribution in [-0.2, 0) is 9.53 Å². The van der Waals surface area contributed by atoms with Gasteiger partial charge in [0.05, 0.1) is 11.0 Å². The van der Waals surface area contributed by atoms with Crippen LogP contribution in [0.15, 0.2) is 17.5 Å². The Bertz CT molecular complexity index is 522. The third-order valence-electron chi connectivity index (χ3n) is 5.06. The number of carbonyl (C=O) groups excluding carboxylic acids is 2. The third kappa shape index (κ3) is 2.64. The van der Waals surface area contributed by atoms with Gasteiger partial charge in [0, 0.05) is 31.4 Å². The summed E-state index contributed by atoms with van der Waals surface area (Å²) < 4.78 is 5.50. The molecule has 21 heavy (non-hydrogen) atoms. The molecule has 2 saturated carbocycles. The van der Waals surface area contributed by atoms with Gasteiger partial charge in [0.1, 0.15) is 0 Å². The van der Waals surface area contributed by atoms with Gasteiger partial charge < -0.3 is 10.1 Å². The van der Waals surface area contributed by atoms with Gasteiger partial charge in [0.25, 0.3) is 0 Å². The fraction of sp³-hybridized carbons (Fsp3) is 0.625. The Morgan fingerprint density at radius 3 is 2.81 bits per heavy atom. The second-order valence-electron chi connectivity index (χ2n) is 6.07. The Kier molecular flexibility index (Phi) is 4.13. The molecule has 0 aromatic carbocycles. The highest BCUT2D eigenvalue weighted by Gasteiger charge is 2.59. The third-order valence-corrected chi connectivity index (χ3v) is 5.98. The molecule has 1 heterocycles. The molecule has 0 saturated heterocycles. The van der Waals surface area contributed by atoms with E-state index in [9.17, 15) is 9.59 Å². The highest BCUT2D eigenvalue weighted by Crippen LogP contribution is 2.57. The molecule has 2 aliphatic carbocycles. The lowest BCUT2D eigenvalue weighted by atomic mass is 9.51. The summed E-state index contributed by atoms with van der Waals surface area (Å²) >= 11 is 1.43. The van der Waals surface area contributed by atoms with Crippen molar-refractivity contribution in [3.63, 3.8) is 0 Å². The van der Waals surface area contributed by atoms with Gasteiger partial charge in [0.15, 0.2) is 5.78 Å². The number of Topliss-reactive ketones (excluding diaryl/α,β-unsaturated/α-hetero) is 1. The largest absolute Gasteiger partial charge is 0.381 e. The number of hydrogen-bond acceptors (Lipinski definition) is 4. The number of carbonyl (C=O) groups is 2. The normalized spacial score (nSPS) is 26.0. The van der Waals surface area contributed by atoms with Gasteiger partial charge in [-0.05, 0) is 30.7 Å². The monoisotopic (exact) mass is 307 g/mol. The Morgan fingerprint density at radius 1 is 1.43 bits per heavy atom. The minimum Gasteiger partial charge on any atom is -0.381 e. The topological polar surface area (TPSA) is 55.4 Å². The van der Waals surface area contributed by atoms with Gasteiger partial charge in [-0.2, -0.15) is 0 Å². The molecule has 1 amide bonds. The van der Waals surface area contributed by atoms with Crippen LogP contribution < -0.4 is 5.32 Å². The minimum absolute atomic E-state index is 0.00858. The summed E-state index contributed by atoms with van der Waals surface area (Å²) in [6, 6.07) is 3.90. The lowest BCUT2D eigenvalue weighted by Crippen LogP contribution is -2.67. The Hall–Kier alpha value is -1.20. The lowest BCUT2D eigenvalue weighted by molar-refractivity contribution is -0.166. The maximum Gasteiger partial charge on any atom is 0.220 e. The van der Waals surface area contributed by atoms with Crippen LogP contribution in [0, 0.1) is 5.41 Å². The zero-order valence-corrected chi connectivity index (χ0v) is 13.1. The summed E-state index contributed by atoms with van der Waals surface area (Å²) in [5, 5.41) is 4.99. The first-order valence-corrected chi connectivity index (χ1v) is 8.42. The molecule has 1 aromatic rings. The minimum atomic E-state index is -0.00858. The number of hydrogen-bond donors (Lipinski definition) is 1. The number of ketones is 1. The van der Waals surface area contributed by atoms with Crippen LogP contribution in [0.5, 0.6) is 0 Å². The molecule has 0 bridgehead atoms. The first-order valence-electron chi connectivity index (χ1n) is 7.54. The van der Waals surface area contributed by atoms with Crippen molar-refractivity contribution in [1.82, 2.24) is 5.32 Å². The number of methoxy groups -OCH3 is 1. The molecule has 1 spiro atoms.